The third-order valence-electron chi connectivity index (χ3n) is 1.80. The molecule has 0 bridgehead atoms. The topological polar surface area (TPSA) is 46.0 Å². The standard InChI is InChI=1S/C8H12N4/c1-3-4-7-5-8-9-6(2)10-12(8)11-7/h5H,3-4H2,1-2H3,(H,9,10). The lowest BCUT2D eigenvalue weighted by atomic mass is 10.3. The first-order valence-electron chi connectivity index (χ1n) is 4.21. The van der Waals surface area contributed by atoms with E-state index < -0.39 is 0 Å². The van der Waals surface area contributed by atoms with Crippen LogP contribution in [0, 0.1) is 6.92 Å². The summed E-state index contributed by atoms with van der Waals surface area (Å²) in [5.74, 6) is 0.903. The van der Waals surface area contributed by atoms with Gasteiger partial charge in [-0.1, -0.05) is 13.3 Å². The molecule has 0 aliphatic rings. The van der Waals surface area contributed by atoms with Crippen molar-refractivity contribution in [2.45, 2.75) is 26.7 Å². The minimum absolute atomic E-state index is 0.903. The van der Waals surface area contributed by atoms with Crippen molar-refractivity contribution in [1.82, 2.24) is 19.8 Å². The second-order valence-corrected chi connectivity index (χ2v) is 2.97. The highest BCUT2D eigenvalue weighted by atomic mass is 15.5. The molecule has 0 aliphatic carbocycles. The highest BCUT2D eigenvalue weighted by molar-refractivity contribution is 5.38. The molecule has 0 radical (unpaired) electrons. The molecule has 64 valence electrons. The van der Waals surface area contributed by atoms with Gasteiger partial charge in [-0.15, -0.1) is 9.73 Å². The van der Waals surface area contributed by atoms with Crippen molar-refractivity contribution >= 4 is 5.65 Å². The number of aromatic nitrogens is 4. The van der Waals surface area contributed by atoms with E-state index in [0.29, 0.717) is 0 Å². The molecule has 1 N–H and O–H groups in total. The first-order chi connectivity index (χ1) is 5.79. The molecule has 12 heavy (non-hydrogen) atoms. The molecule has 0 amide bonds. The molecule has 2 rings (SSSR count). The van der Waals surface area contributed by atoms with Gasteiger partial charge in [-0.2, -0.15) is 5.10 Å². The van der Waals surface area contributed by atoms with Crippen LogP contribution in [0.25, 0.3) is 5.65 Å². The van der Waals surface area contributed by atoms with Gasteiger partial charge in [0, 0.05) is 6.07 Å². The summed E-state index contributed by atoms with van der Waals surface area (Å²) in [6.45, 7) is 4.07. The van der Waals surface area contributed by atoms with E-state index in [1.165, 1.54) is 0 Å². The van der Waals surface area contributed by atoms with Crippen molar-refractivity contribution in [1.29, 1.82) is 0 Å². The Morgan fingerprint density at radius 2 is 2.33 bits per heavy atom. The fourth-order valence-corrected chi connectivity index (χ4v) is 1.31. The fourth-order valence-electron chi connectivity index (χ4n) is 1.31. The van der Waals surface area contributed by atoms with E-state index in [4.69, 9.17) is 0 Å². The molecule has 0 unspecified atom stereocenters. The molecule has 0 saturated carbocycles. The highest BCUT2D eigenvalue weighted by Gasteiger charge is 2.02. The van der Waals surface area contributed by atoms with Crippen LogP contribution >= 0.6 is 0 Å². The summed E-state index contributed by atoms with van der Waals surface area (Å²) < 4.78 is 1.65. The van der Waals surface area contributed by atoms with Crippen molar-refractivity contribution in [3.8, 4) is 0 Å². The van der Waals surface area contributed by atoms with E-state index in [1.54, 1.807) is 4.63 Å². The third kappa shape index (κ3) is 1.09. The molecule has 0 spiro atoms. The average molecular weight is 164 g/mol. The lowest BCUT2D eigenvalue weighted by Crippen LogP contribution is -1.90. The Morgan fingerprint density at radius 3 is 3.00 bits per heavy atom. The minimum atomic E-state index is 0.903. The Balaban J connectivity index is 2.43. The van der Waals surface area contributed by atoms with E-state index >= 15 is 0 Å². The van der Waals surface area contributed by atoms with Crippen LogP contribution in [0.2, 0.25) is 0 Å². The van der Waals surface area contributed by atoms with Gasteiger partial charge in [0.1, 0.15) is 5.82 Å². The zero-order valence-corrected chi connectivity index (χ0v) is 7.33. The number of hydrogen-bond donors (Lipinski definition) is 1. The summed E-state index contributed by atoms with van der Waals surface area (Å²) in [5.41, 5.74) is 2.09. The Bertz CT molecular complexity index is 353. The van der Waals surface area contributed by atoms with Crippen LogP contribution in [-0.2, 0) is 6.42 Å². The van der Waals surface area contributed by atoms with Crippen LogP contribution in [-0.4, -0.2) is 19.8 Å². The molecule has 4 nitrogen and oxygen atoms in total. The summed E-state index contributed by atoms with van der Waals surface area (Å²) >= 11 is 0. The van der Waals surface area contributed by atoms with Gasteiger partial charge < -0.3 is 4.98 Å². The molecular formula is C8H12N4. The quantitative estimate of drug-likeness (QED) is 0.727. The first-order valence-corrected chi connectivity index (χ1v) is 4.21. The largest absolute Gasteiger partial charge is 0.326 e. The molecule has 2 aromatic heterocycles. The Hall–Kier alpha value is -1.32. The molecular weight excluding hydrogens is 152 g/mol. The normalized spacial score (nSPS) is 11.2. The molecule has 0 aromatic carbocycles. The van der Waals surface area contributed by atoms with Crippen LogP contribution in [0.3, 0.4) is 0 Å². The predicted molar refractivity (Wildman–Crippen MR) is 46.1 cm³/mol. The minimum Gasteiger partial charge on any atom is -0.326 e. The smallest absolute Gasteiger partial charge is 0.155 e. The summed E-state index contributed by atoms with van der Waals surface area (Å²) in [4.78, 5) is 3.13. The maximum Gasteiger partial charge on any atom is 0.155 e. The molecule has 2 heterocycles. The van der Waals surface area contributed by atoms with Crippen LogP contribution in [0.4, 0.5) is 0 Å². The summed E-state index contributed by atoms with van der Waals surface area (Å²) in [5, 5.41) is 8.46. The van der Waals surface area contributed by atoms with Gasteiger partial charge in [0.05, 0.1) is 5.69 Å². The predicted octanol–water partition coefficient (Wildman–Crippen LogP) is 1.32. The SMILES string of the molecule is CCCc1cc2[nH]c(C)nn2n1. The van der Waals surface area contributed by atoms with Crippen molar-refractivity contribution < 1.29 is 0 Å². The summed E-state index contributed by atoms with van der Waals surface area (Å²) in [7, 11) is 0. The number of rotatable bonds is 2. The van der Waals surface area contributed by atoms with Gasteiger partial charge in [0.15, 0.2) is 5.65 Å². The van der Waals surface area contributed by atoms with Gasteiger partial charge in [0.25, 0.3) is 0 Å². The van der Waals surface area contributed by atoms with E-state index in [9.17, 15) is 0 Å². The second-order valence-electron chi connectivity index (χ2n) is 2.97. The molecule has 0 saturated heterocycles. The zero-order chi connectivity index (χ0) is 8.55. The van der Waals surface area contributed by atoms with Crippen LogP contribution in [0.5, 0.6) is 0 Å². The number of aryl methyl sites for hydroxylation is 2. The number of nitrogens with one attached hydrogen (secondary N) is 1. The Morgan fingerprint density at radius 1 is 1.50 bits per heavy atom. The zero-order valence-electron chi connectivity index (χ0n) is 7.33. The molecule has 0 aliphatic heterocycles. The molecule has 4 heteroatoms. The van der Waals surface area contributed by atoms with E-state index in [-0.39, 0.29) is 0 Å². The lowest BCUT2D eigenvalue weighted by molar-refractivity contribution is 0.762. The highest BCUT2D eigenvalue weighted by Crippen LogP contribution is 2.05. The summed E-state index contributed by atoms with van der Waals surface area (Å²) in [6.07, 6.45) is 2.15. The lowest BCUT2D eigenvalue weighted by Gasteiger charge is -1.86. The van der Waals surface area contributed by atoms with Gasteiger partial charge in [0.2, 0.25) is 0 Å². The molecule has 0 atom stereocenters. The third-order valence-corrected chi connectivity index (χ3v) is 1.80. The van der Waals surface area contributed by atoms with Crippen molar-refractivity contribution in [3.05, 3.63) is 17.6 Å². The van der Waals surface area contributed by atoms with Gasteiger partial charge in [-0.25, -0.2) is 0 Å². The van der Waals surface area contributed by atoms with E-state index in [2.05, 4.69) is 22.1 Å². The maximum atomic E-state index is 4.30. The Labute approximate surface area is 70.6 Å². The molecule has 2 aromatic rings. The van der Waals surface area contributed by atoms with Crippen LogP contribution in [0.15, 0.2) is 6.07 Å². The number of H-pyrrole nitrogens is 1. The van der Waals surface area contributed by atoms with Crippen molar-refractivity contribution in [3.63, 3.8) is 0 Å². The average Bonchev–Trinajstić information content (AvgIpc) is 2.44. The second kappa shape index (κ2) is 2.62. The van der Waals surface area contributed by atoms with Crippen LogP contribution < -0.4 is 0 Å². The van der Waals surface area contributed by atoms with Crippen molar-refractivity contribution in [2.75, 3.05) is 0 Å². The number of aromatic amines is 1. The summed E-state index contributed by atoms with van der Waals surface area (Å²) in [6, 6.07) is 2.05. The Kier molecular flexibility index (Phi) is 1.60. The van der Waals surface area contributed by atoms with E-state index in [0.717, 1.165) is 30.0 Å². The molecule has 0 fully saturated rings. The monoisotopic (exact) mass is 164 g/mol. The van der Waals surface area contributed by atoms with Gasteiger partial charge in [-0.05, 0) is 13.3 Å². The number of nitrogens with zero attached hydrogens (tertiary/aromatic N) is 3. The first kappa shape index (κ1) is 7.34. The number of hydrogen-bond acceptors (Lipinski definition) is 2. The van der Waals surface area contributed by atoms with Crippen LogP contribution in [0.1, 0.15) is 24.9 Å². The van der Waals surface area contributed by atoms with Gasteiger partial charge in [-0.3, -0.25) is 0 Å². The van der Waals surface area contributed by atoms with E-state index in [1.807, 2.05) is 13.0 Å². The number of fused-ring (bicyclic) bond motifs is 1. The van der Waals surface area contributed by atoms with Gasteiger partial charge >= 0.3 is 0 Å². The maximum absolute atomic E-state index is 4.30. The fraction of sp³-hybridized carbons (Fsp3) is 0.500. The van der Waals surface area contributed by atoms with Crippen molar-refractivity contribution in [2.24, 2.45) is 0 Å².